The minimum absolute atomic E-state index is 0.206. The molecule has 10 heteroatoms. The summed E-state index contributed by atoms with van der Waals surface area (Å²) in [5.74, 6) is 0.881. The average Bonchev–Trinajstić information content (AvgIpc) is 3.45. The first-order valence-electron chi connectivity index (χ1n) is 16.3. The average molecular weight is 863 g/mol. The maximum absolute atomic E-state index is 14.2. The topological polar surface area (TPSA) is 51.2 Å². The van der Waals surface area contributed by atoms with Gasteiger partial charge in [0.1, 0.15) is 11.5 Å². The predicted molar refractivity (Wildman–Crippen MR) is 221 cm³/mol. The number of nitrogens with zero attached hydrogens (tertiary/aromatic N) is 2. The third-order valence-corrected chi connectivity index (χ3v) is 11.9. The number of benzene rings is 5. The first kappa shape index (κ1) is 37.5. The maximum Gasteiger partial charge on any atom is 0.341 e. The van der Waals surface area contributed by atoms with E-state index in [2.05, 4.69) is 80.4 Å². The Morgan fingerprint density at radius 1 is 0.615 bits per heavy atom. The summed E-state index contributed by atoms with van der Waals surface area (Å²) in [6.07, 6.45) is 3.98. The molecule has 0 aromatic heterocycles. The van der Waals surface area contributed by atoms with Gasteiger partial charge >= 0.3 is 5.97 Å². The molecule has 6 rings (SSSR count). The molecule has 5 aromatic rings. The number of ether oxygens (including phenoxy) is 3. The van der Waals surface area contributed by atoms with Crippen LogP contribution in [0.1, 0.15) is 38.2 Å². The Morgan fingerprint density at radius 3 is 1.31 bits per heavy atom. The van der Waals surface area contributed by atoms with Crippen LogP contribution in [-0.4, -0.2) is 48.4 Å². The number of carbonyl (C=O) groups is 1. The van der Waals surface area contributed by atoms with Gasteiger partial charge in [-0.3, -0.25) is 0 Å². The van der Waals surface area contributed by atoms with Crippen LogP contribution in [0.2, 0.25) is 10.0 Å². The molecule has 0 fully saturated rings. The third-order valence-electron chi connectivity index (χ3n) is 9.03. The molecule has 5 aromatic carbocycles. The minimum atomic E-state index is -1.49. The van der Waals surface area contributed by atoms with Gasteiger partial charge in [0.25, 0.3) is 0 Å². The molecule has 0 aliphatic carbocycles. The van der Waals surface area contributed by atoms with Gasteiger partial charge in [0.15, 0.2) is 5.60 Å². The van der Waals surface area contributed by atoms with E-state index >= 15 is 0 Å². The second-order valence-corrected chi connectivity index (χ2v) is 15.0. The SMILES string of the molecule is COc1ccc(C(=CC2(C=C(c3ccc(OC)cc3)c3ccc(N(C)C)cc3)OC(=O)c3c(Br)c(Cl)c(Cl)c(Br)c32)c2ccc(N(C)C)cc2)cc1. The standard InChI is InChI=1S/C42H36Br2Cl2N2O4/c1-47(2)29-15-7-25(8-16-29)33(27-11-19-31(50-5)20-12-27)23-42(36-35(41(49)52-42)37(43)39(45)40(46)38(36)44)24-34(28-13-21-32(51-6)22-14-28)26-9-17-30(18-10-26)48(3)4/h7-24H,1-6H3. The summed E-state index contributed by atoms with van der Waals surface area (Å²) in [4.78, 5) is 18.2. The van der Waals surface area contributed by atoms with Gasteiger partial charge in [-0.15, -0.1) is 0 Å². The van der Waals surface area contributed by atoms with Crippen LogP contribution in [0.15, 0.2) is 118 Å². The molecule has 0 radical (unpaired) electrons. The Kier molecular flexibility index (Phi) is 11.1. The summed E-state index contributed by atoms with van der Waals surface area (Å²) >= 11 is 20.9. The molecule has 6 nitrogen and oxygen atoms in total. The smallest absolute Gasteiger partial charge is 0.341 e. The number of esters is 1. The van der Waals surface area contributed by atoms with Crippen molar-refractivity contribution >= 4 is 83.6 Å². The van der Waals surface area contributed by atoms with Crippen molar-refractivity contribution in [3.05, 3.63) is 162 Å². The Balaban J connectivity index is 1.74. The number of anilines is 2. The van der Waals surface area contributed by atoms with Crippen molar-refractivity contribution in [2.24, 2.45) is 0 Å². The highest BCUT2D eigenvalue weighted by molar-refractivity contribution is 9.11. The first-order valence-corrected chi connectivity index (χ1v) is 18.6. The van der Waals surface area contributed by atoms with E-state index in [-0.39, 0.29) is 15.6 Å². The van der Waals surface area contributed by atoms with Crippen molar-refractivity contribution in [1.29, 1.82) is 0 Å². The van der Waals surface area contributed by atoms with Crippen LogP contribution < -0.4 is 19.3 Å². The van der Waals surface area contributed by atoms with Crippen LogP contribution in [-0.2, 0) is 10.3 Å². The quantitative estimate of drug-likeness (QED) is 0.0792. The molecule has 0 N–H and O–H groups in total. The molecule has 0 unspecified atom stereocenters. The van der Waals surface area contributed by atoms with E-state index in [1.54, 1.807) is 14.2 Å². The van der Waals surface area contributed by atoms with Crippen LogP contribution in [0.5, 0.6) is 11.5 Å². The zero-order valence-corrected chi connectivity index (χ0v) is 34.1. The Labute approximate surface area is 331 Å². The fourth-order valence-electron chi connectivity index (χ4n) is 6.21. The molecular weight excluding hydrogens is 827 g/mol. The maximum atomic E-state index is 14.2. The molecule has 0 bridgehead atoms. The number of hydrogen-bond acceptors (Lipinski definition) is 6. The van der Waals surface area contributed by atoms with Gasteiger partial charge in [-0.1, -0.05) is 71.7 Å². The minimum Gasteiger partial charge on any atom is -0.497 e. The fraction of sp³-hybridized carbons (Fsp3) is 0.167. The third kappa shape index (κ3) is 7.22. The molecule has 0 saturated heterocycles. The number of hydrogen-bond donors (Lipinski definition) is 0. The van der Waals surface area contributed by atoms with Gasteiger partial charge < -0.3 is 24.0 Å². The lowest BCUT2D eigenvalue weighted by molar-refractivity contribution is 0.0298. The molecule has 0 saturated carbocycles. The molecule has 0 atom stereocenters. The van der Waals surface area contributed by atoms with E-state index < -0.39 is 11.6 Å². The molecule has 1 aliphatic rings. The summed E-state index contributed by atoms with van der Waals surface area (Å²) in [5, 5.41) is 0.455. The largest absolute Gasteiger partial charge is 0.497 e. The molecule has 266 valence electrons. The number of fused-ring (bicyclic) bond motifs is 1. The van der Waals surface area contributed by atoms with E-state index in [0.717, 1.165) is 56.3 Å². The number of methoxy groups -OCH3 is 2. The number of cyclic esters (lactones) is 1. The molecular formula is C42H36Br2Cl2N2O4. The van der Waals surface area contributed by atoms with Gasteiger partial charge in [0, 0.05) is 49.6 Å². The van der Waals surface area contributed by atoms with E-state index in [1.807, 2.05) is 98.7 Å². The van der Waals surface area contributed by atoms with E-state index in [1.165, 1.54) is 0 Å². The highest BCUT2D eigenvalue weighted by Crippen LogP contribution is 2.53. The van der Waals surface area contributed by atoms with Crippen molar-refractivity contribution < 1.29 is 19.0 Å². The van der Waals surface area contributed by atoms with Crippen LogP contribution in [0.25, 0.3) is 11.1 Å². The van der Waals surface area contributed by atoms with Crippen molar-refractivity contribution in [2.45, 2.75) is 5.60 Å². The van der Waals surface area contributed by atoms with Crippen LogP contribution in [0, 0.1) is 0 Å². The number of carbonyl (C=O) groups excluding carboxylic acids is 1. The summed E-state index contributed by atoms with van der Waals surface area (Å²) in [5.41, 5.74) is 6.60. The molecule has 0 spiro atoms. The van der Waals surface area contributed by atoms with Gasteiger partial charge in [0.2, 0.25) is 0 Å². The van der Waals surface area contributed by atoms with Gasteiger partial charge in [0.05, 0.1) is 34.3 Å². The lowest BCUT2D eigenvalue weighted by Crippen LogP contribution is -2.23. The number of rotatable bonds is 10. The Bertz CT molecular complexity index is 2070. The lowest BCUT2D eigenvalue weighted by atomic mass is 9.83. The Morgan fingerprint density at radius 2 is 0.962 bits per heavy atom. The highest BCUT2D eigenvalue weighted by atomic mass is 79.9. The van der Waals surface area contributed by atoms with Gasteiger partial charge in [-0.25, -0.2) is 4.79 Å². The van der Waals surface area contributed by atoms with Crippen molar-refractivity contribution in [3.63, 3.8) is 0 Å². The normalized spacial score (nSPS) is 15.6. The van der Waals surface area contributed by atoms with Crippen LogP contribution in [0.4, 0.5) is 11.4 Å². The van der Waals surface area contributed by atoms with E-state index in [9.17, 15) is 4.79 Å². The fourth-order valence-corrected chi connectivity index (χ4v) is 8.08. The van der Waals surface area contributed by atoms with Crippen LogP contribution in [0.3, 0.4) is 0 Å². The van der Waals surface area contributed by atoms with E-state index in [0.29, 0.717) is 14.5 Å². The Hall–Kier alpha value is -4.21. The van der Waals surface area contributed by atoms with Gasteiger partial charge in [-0.05, 0) is 126 Å². The van der Waals surface area contributed by atoms with Crippen molar-refractivity contribution in [3.8, 4) is 11.5 Å². The molecule has 52 heavy (non-hydrogen) atoms. The highest BCUT2D eigenvalue weighted by Gasteiger charge is 2.48. The monoisotopic (exact) mass is 860 g/mol. The second kappa shape index (κ2) is 15.4. The summed E-state index contributed by atoms with van der Waals surface area (Å²) < 4.78 is 18.4. The zero-order valence-electron chi connectivity index (χ0n) is 29.4. The predicted octanol–water partition coefficient (Wildman–Crippen LogP) is 11.3. The van der Waals surface area contributed by atoms with Gasteiger partial charge in [-0.2, -0.15) is 0 Å². The molecule has 0 amide bonds. The second-order valence-electron chi connectivity index (χ2n) is 12.6. The van der Waals surface area contributed by atoms with E-state index in [4.69, 9.17) is 37.4 Å². The lowest BCUT2D eigenvalue weighted by Gasteiger charge is -2.28. The molecule has 1 aliphatic heterocycles. The van der Waals surface area contributed by atoms with Crippen LogP contribution >= 0.6 is 55.1 Å². The molecule has 1 heterocycles. The number of halogens is 4. The zero-order chi connectivity index (χ0) is 37.3. The summed E-state index contributed by atoms with van der Waals surface area (Å²) in [7, 11) is 11.3. The summed E-state index contributed by atoms with van der Waals surface area (Å²) in [6, 6.07) is 32.1. The van der Waals surface area contributed by atoms with Crippen molar-refractivity contribution in [1.82, 2.24) is 0 Å². The summed E-state index contributed by atoms with van der Waals surface area (Å²) in [6.45, 7) is 0. The van der Waals surface area contributed by atoms with Crippen molar-refractivity contribution in [2.75, 3.05) is 52.2 Å². The first-order chi connectivity index (χ1) is 24.9.